The van der Waals surface area contributed by atoms with E-state index in [2.05, 4.69) is 28.4 Å². The van der Waals surface area contributed by atoms with Crippen LogP contribution >= 0.6 is 0 Å². The molecular formula is C75H79N5OPt-2. The maximum absolute atomic E-state index is 10.7. The van der Waals surface area contributed by atoms with Crippen molar-refractivity contribution < 1.29 is 104 Å². The van der Waals surface area contributed by atoms with E-state index in [0.29, 0.717) is 56.6 Å². The zero-order chi connectivity index (χ0) is 103. The fourth-order valence-electron chi connectivity index (χ4n) is 10.3. The van der Waals surface area contributed by atoms with E-state index in [-0.39, 0.29) is 31.4 Å². The van der Waals surface area contributed by atoms with E-state index in [0.717, 1.165) is 17.7 Å². The Bertz CT molecular complexity index is 6290. The zero-order valence-corrected chi connectivity index (χ0v) is 45.5. The fraction of sp³-hybridized carbons (Fsp3) is 0.373. The molecule has 422 valence electrons. The third-order valence-electron chi connectivity index (χ3n) is 14.3. The van der Waals surface area contributed by atoms with Gasteiger partial charge in [0.1, 0.15) is 5.82 Å². The van der Waals surface area contributed by atoms with Gasteiger partial charge in [0.15, 0.2) is 0 Å². The summed E-state index contributed by atoms with van der Waals surface area (Å²) in [6, 6.07) is 11.5. The Kier molecular flexibility index (Phi) is 4.96. The molecule has 13 rings (SSSR count). The minimum absolute atomic E-state index is 0. The Balaban J connectivity index is 0.0000166. The third-order valence-corrected chi connectivity index (χ3v) is 14.3. The Labute approximate surface area is 577 Å². The SMILES string of the molecule is [2H]c1c([2H])c2c(c([2H])c1-c1cccc(-c3c([2H])c([2H])c4c(c3[2H])C(C([2H])([2H])[2H])(C([2H])([2H])[2H])C([2H])([2H])C([2H])([2H])C4(C([2H])([2H])[2H])C([2H])([2H])[2H])c1-[n+]1[c-]n(-c3[c-]c(Oc4[c-]c5c(cc4)c4ccccc4n5-c4cc(C(C)(C)C)ccn4)ccc3)c3cnc4c(c31)C(C([2H])([2H])[2H])(C([2H])([2H])[2H])C([2H])([2H])C([2H])([2H])C4(C([2H])([2H])[2H])C([2H])([2H])[2H])C(C([2H])([2H])[2H])(C([2H])([2H])[2H])C([2H])([2H])C([2H])([2H])C2(C([2H])([2H])[2H])C([2H])([2H])[2H].[Pt]. The first-order valence-electron chi connectivity index (χ1n) is 51.8. The average Bonchev–Trinajstić information content (AvgIpc) is 0.678. The number of imidazole rings is 1. The summed E-state index contributed by atoms with van der Waals surface area (Å²) in [6.45, 7) is -52.4. The van der Waals surface area contributed by atoms with Gasteiger partial charge in [0.25, 0.3) is 6.33 Å². The van der Waals surface area contributed by atoms with Crippen molar-refractivity contribution in [3.8, 4) is 50.9 Å². The number of pyridine rings is 2. The number of hydrogen-bond donors (Lipinski definition) is 0. The van der Waals surface area contributed by atoms with Crippen LogP contribution in [0.3, 0.4) is 0 Å². The number of ether oxygens (including phenoxy) is 1. The maximum atomic E-state index is 10.7. The number of para-hydroxylation sites is 2. The fourth-order valence-corrected chi connectivity index (χ4v) is 10.3. The standard InChI is InChI=1S/C75H79N5O.Pt/c1-69(2,3)49-32-39-76-64(42-49)80-61-25-17-16-22-55(61)56-29-28-52(44-62(56)80)81-51-21-18-20-50(43-51)78-46-79(67-63(78)45-77-68-65(67)74(12,13)37-38-75(68,14)15)66-53(47-26-30-57-59(40-47)72(8,9)35-33-70(57,4)5)23-19-24-54(66)48-27-31-58-60(41-48)73(10,11)36-34-71(58,6)7;/h16-32,39-42,45H,33-38H2,1-15H3;/q-2;/i4D3,5D3,6D3,7D3,8D3,9D3,10D3,11D3,12D3,13D3,14D3,15D3,26D,27D,30D,31D,33D2,34D2,35D2,36D2,37D2,38D2,40D,41D;. The molecule has 6 nitrogen and oxygen atoms in total. The molecule has 0 atom stereocenters. The van der Waals surface area contributed by atoms with Crippen molar-refractivity contribution in [1.29, 1.82) is 0 Å². The van der Waals surface area contributed by atoms with Gasteiger partial charge < -0.3 is 13.9 Å². The predicted molar refractivity (Wildman–Crippen MR) is 333 cm³/mol. The number of rotatable bonds is 7. The summed E-state index contributed by atoms with van der Waals surface area (Å²) in [5, 5.41) is 1.22. The molecule has 10 aromatic rings. The van der Waals surface area contributed by atoms with Gasteiger partial charge in [-0.25, -0.2) is 4.98 Å². The van der Waals surface area contributed by atoms with Crippen LogP contribution in [0.4, 0.5) is 0 Å². The van der Waals surface area contributed by atoms with E-state index in [9.17, 15) is 57.6 Å². The number of hydrogen-bond acceptors (Lipinski definition) is 3. The largest absolute Gasteiger partial charge is 0.510 e. The van der Waals surface area contributed by atoms with Gasteiger partial charge in [-0.05, 0) is 156 Å². The molecule has 0 saturated carbocycles. The van der Waals surface area contributed by atoms with Crippen LogP contribution < -0.4 is 9.30 Å². The van der Waals surface area contributed by atoms with Crippen molar-refractivity contribution in [2.45, 2.75) is 179 Å². The van der Waals surface area contributed by atoms with Gasteiger partial charge in [-0.2, -0.15) is 18.2 Å². The van der Waals surface area contributed by atoms with Crippen LogP contribution in [0.5, 0.6) is 11.5 Å². The molecule has 4 aromatic heterocycles. The van der Waals surface area contributed by atoms with Crippen LogP contribution in [0.1, 0.15) is 254 Å². The summed E-state index contributed by atoms with van der Waals surface area (Å²) in [5.41, 5.74) is -54.3. The molecule has 0 amide bonds. The number of nitrogens with zero attached hydrogens (tertiary/aromatic N) is 5. The van der Waals surface area contributed by atoms with Gasteiger partial charge in [-0.3, -0.25) is 9.55 Å². The van der Waals surface area contributed by atoms with Gasteiger partial charge in [0, 0.05) is 127 Å². The van der Waals surface area contributed by atoms with Gasteiger partial charge in [0.05, 0.1) is 24.9 Å². The molecule has 82 heavy (non-hydrogen) atoms. The molecule has 0 aliphatic heterocycles. The number of fused-ring (bicyclic) bond motifs is 8. The van der Waals surface area contributed by atoms with Crippen molar-refractivity contribution in [2.24, 2.45) is 0 Å². The maximum Gasteiger partial charge on any atom is 0.268 e. The Morgan fingerprint density at radius 1 is 0.598 bits per heavy atom. The second kappa shape index (κ2) is 19.2. The normalized spacial score (nSPS) is 33.4. The predicted octanol–water partition coefficient (Wildman–Crippen LogP) is 18.7. The topological polar surface area (TPSA) is 48.8 Å². The third kappa shape index (κ3) is 9.11. The van der Waals surface area contributed by atoms with E-state index < -0.39 is 279 Å². The molecular weight excluding hydrogens is 1180 g/mol. The average molecular weight is 1320 g/mol. The molecule has 0 N–H and O–H groups in total. The molecule has 0 saturated heterocycles. The van der Waals surface area contributed by atoms with E-state index >= 15 is 0 Å². The minimum atomic E-state index is -5.20. The first kappa shape index (κ1) is 21.2. The smallest absolute Gasteiger partial charge is 0.268 e. The van der Waals surface area contributed by atoms with Crippen molar-refractivity contribution in [1.82, 2.24) is 19.1 Å². The Morgan fingerprint density at radius 3 is 1.82 bits per heavy atom. The summed E-state index contributed by atoms with van der Waals surface area (Å²) in [5.74, 6) is -0.292. The molecule has 0 unspecified atom stereocenters. The first-order valence-corrected chi connectivity index (χ1v) is 24.8. The summed E-state index contributed by atoms with van der Waals surface area (Å²) in [4.78, 5) is 8.87. The summed E-state index contributed by atoms with van der Waals surface area (Å²) in [7, 11) is 0. The van der Waals surface area contributed by atoms with Crippen LogP contribution in [0.15, 0.2) is 134 Å². The molecule has 4 heterocycles. The molecule has 6 aromatic carbocycles. The van der Waals surface area contributed by atoms with Gasteiger partial charge in [0.2, 0.25) is 0 Å². The van der Waals surface area contributed by atoms with Crippen molar-refractivity contribution >= 4 is 32.8 Å². The molecule has 3 aliphatic carbocycles. The molecule has 0 radical (unpaired) electrons. The van der Waals surface area contributed by atoms with Gasteiger partial charge in [-0.1, -0.05) is 181 Å². The van der Waals surface area contributed by atoms with Crippen LogP contribution in [-0.4, -0.2) is 19.1 Å². The van der Waals surface area contributed by atoms with E-state index in [1.54, 1.807) is 47.2 Å². The second-order valence-electron chi connectivity index (χ2n) is 21.0. The van der Waals surface area contributed by atoms with E-state index in [1.165, 1.54) is 12.1 Å². The van der Waals surface area contributed by atoms with Gasteiger partial charge in [-0.15, -0.1) is 29.7 Å². The number of aromatic nitrogens is 5. The molecule has 7 heteroatoms. The minimum Gasteiger partial charge on any atom is -0.510 e. The quantitative estimate of drug-likeness (QED) is 0.118. The van der Waals surface area contributed by atoms with E-state index in [4.69, 9.17) is 21.2 Å². The first-order chi connectivity index (χ1) is 60.4. The molecule has 0 bridgehead atoms. The molecule has 0 spiro atoms. The summed E-state index contributed by atoms with van der Waals surface area (Å²) in [6.07, 6.45) is -26.3. The van der Waals surface area contributed by atoms with Crippen LogP contribution in [0.25, 0.3) is 72.3 Å². The van der Waals surface area contributed by atoms with E-state index in [1.807, 2.05) is 26.8 Å². The second-order valence-corrected chi connectivity index (χ2v) is 21.0. The van der Waals surface area contributed by atoms with Crippen LogP contribution in [0, 0.1) is 18.5 Å². The molecule has 3 aliphatic rings. The van der Waals surface area contributed by atoms with Crippen LogP contribution in [0.2, 0.25) is 0 Å². The van der Waals surface area contributed by atoms with Crippen LogP contribution in [-0.2, 0) is 59.0 Å². The van der Waals surface area contributed by atoms with Crippen molar-refractivity contribution in [3.05, 3.63) is 191 Å². The van der Waals surface area contributed by atoms with Crippen molar-refractivity contribution in [3.63, 3.8) is 0 Å². The summed E-state index contributed by atoms with van der Waals surface area (Å²) >= 11 is 0. The monoisotopic (exact) mass is 1310 g/mol. The zero-order valence-electron chi connectivity index (χ0n) is 97.2. The summed E-state index contributed by atoms with van der Waals surface area (Å²) < 4.78 is 521. The molecule has 0 fully saturated rings. The Hall–Kier alpha value is -6.62. The number of benzene rings is 6. The van der Waals surface area contributed by atoms with Crippen molar-refractivity contribution in [2.75, 3.05) is 0 Å². The van der Waals surface area contributed by atoms with Gasteiger partial charge >= 0.3 is 0 Å². The Morgan fingerprint density at radius 2 is 1.18 bits per heavy atom.